The standard InChI is InChI=1S/C19H23N5O2S/c1-23(2)15(14-8-5-4-6-9-14)12-20-17(25)13-27-19-22-21-18(24(19)3)16-10-7-11-26-16/h4-11,15H,12-13H2,1-3H3,(H,20,25)/t15-/m0/s1. The van der Waals surface area contributed by atoms with Gasteiger partial charge in [-0.1, -0.05) is 42.1 Å². The Bertz CT molecular complexity index is 862. The summed E-state index contributed by atoms with van der Waals surface area (Å²) in [6.07, 6.45) is 1.60. The Kier molecular flexibility index (Phi) is 6.31. The van der Waals surface area contributed by atoms with Crippen LogP contribution >= 0.6 is 11.8 Å². The topological polar surface area (TPSA) is 76.2 Å². The number of benzene rings is 1. The number of furan rings is 1. The number of nitrogens with zero attached hydrogens (tertiary/aromatic N) is 4. The molecule has 27 heavy (non-hydrogen) atoms. The summed E-state index contributed by atoms with van der Waals surface area (Å²) < 4.78 is 7.17. The third-order valence-corrected chi connectivity index (χ3v) is 5.23. The summed E-state index contributed by atoms with van der Waals surface area (Å²) in [6.45, 7) is 0.548. The molecule has 0 aliphatic rings. The lowest BCUT2D eigenvalue weighted by Crippen LogP contribution is -2.35. The van der Waals surface area contributed by atoms with Crippen molar-refractivity contribution in [1.82, 2.24) is 25.0 Å². The van der Waals surface area contributed by atoms with E-state index in [9.17, 15) is 4.79 Å². The van der Waals surface area contributed by atoms with Crippen LogP contribution in [-0.4, -0.2) is 52.0 Å². The fraction of sp³-hybridized carbons (Fsp3) is 0.316. The van der Waals surface area contributed by atoms with Gasteiger partial charge in [0, 0.05) is 13.6 Å². The van der Waals surface area contributed by atoms with Crippen molar-refractivity contribution in [2.24, 2.45) is 7.05 Å². The molecule has 1 N–H and O–H groups in total. The average molecular weight is 385 g/mol. The number of aromatic nitrogens is 3. The molecule has 0 saturated carbocycles. The lowest BCUT2D eigenvalue weighted by Gasteiger charge is -2.25. The highest BCUT2D eigenvalue weighted by atomic mass is 32.2. The summed E-state index contributed by atoms with van der Waals surface area (Å²) in [5, 5.41) is 12.0. The molecular weight excluding hydrogens is 362 g/mol. The lowest BCUT2D eigenvalue weighted by atomic mass is 10.1. The maximum Gasteiger partial charge on any atom is 0.230 e. The number of nitrogens with one attached hydrogen (secondary N) is 1. The van der Waals surface area contributed by atoms with E-state index in [1.165, 1.54) is 17.3 Å². The van der Waals surface area contributed by atoms with Crippen LogP contribution in [0.1, 0.15) is 11.6 Å². The number of amides is 1. The third kappa shape index (κ3) is 4.78. The molecule has 8 heteroatoms. The van der Waals surface area contributed by atoms with Gasteiger partial charge in [0.15, 0.2) is 16.7 Å². The minimum atomic E-state index is -0.0367. The second-order valence-electron chi connectivity index (χ2n) is 6.33. The molecule has 7 nitrogen and oxygen atoms in total. The summed E-state index contributed by atoms with van der Waals surface area (Å²) >= 11 is 1.35. The molecule has 1 aromatic carbocycles. The minimum absolute atomic E-state index is 0.0367. The molecular formula is C19H23N5O2S. The Morgan fingerprint density at radius 3 is 2.67 bits per heavy atom. The van der Waals surface area contributed by atoms with Gasteiger partial charge in [0.1, 0.15) is 0 Å². The van der Waals surface area contributed by atoms with Gasteiger partial charge >= 0.3 is 0 Å². The second-order valence-corrected chi connectivity index (χ2v) is 7.27. The van der Waals surface area contributed by atoms with E-state index in [2.05, 4.69) is 32.5 Å². The Labute approximate surface area is 162 Å². The predicted octanol–water partition coefficient (Wildman–Crippen LogP) is 2.59. The van der Waals surface area contributed by atoms with Crippen LogP contribution in [0.5, 0.6) is 0 Å². The number of hydrogen-bond acceptors (Lipinski definition) is 6. The van der Waals surface area contributed by atoms with E-state index in [1.807, 2.05) is 50.0 Å². The predicted molar refractivity (Wildman–Crippen MR) is 105 cm³/mol. The Morgan fingerprint density at radius 1 is 1.22 bits per heavy atom. The van der Waals surface area contributed by atoms with Gasteiger partial charge < -0.3 is 19.2 Å². The van der Waals surface area contributed by atoms with E-state index < -0.39 is 0 Å². The highest BCUT2D eigenvalue weighted by molar-refractivity contribution is 7.99. The lowest BCUT2D eigenvalue weighted by molar-refractivity contribution is -0.118. The van der Waals surface area contributed by atoms with Gasteiger partial charge in [-0.2, -0.15) is 0 Å². The summed E-state index contributed by atoms with van der Waals surface area (Å²) in [6, 6.07) is 13.9. The number of rotatable bonds is 8. The molecule has 2 aromatic heterocycles. The van der Waals surface area contributed by atoms with Gasteiger partial charge in [-0.05, 0) is 31.8 Å². The van der Waals surface area contributed by atoms with Crippen molar-refractivity contribution in [3.8, 4) is 11.6 Å². The van der Waals surface area contributed by atoms with Crippen LogP contribution in [0.4, 0.5) is 0 Å². The zero-order valence-electron chi connectivity index (χ0n) is 15.6. The molecule has 3 aromatic rings. The van der Waals surface area contributed by atoms with Crippen molar-refractivity contribution in [2.45, 2.75) is 11.2 Å². The van der Waals surface area contributed by atoms with Crippen molar-refractivity contribution < 1.29 is 9.21 Å². The van der Waals surface area contributed by atoms with Gasteiger partial charge in [0.25, 0.3) is 0 Å². The van der Waals surface area contributed by atoms with Crippen molar-refractivity contribution in [3.63, 3.8) is 0 Å². The van der Waals surface area contributed by atoms with Crippen LogP contribution in [0.15, 0.2) is 58.3 Å². The van der Waals surface area contributed by atoms with E-state index >= 15 is 0 Å². The molecule has 2 heterocycles. The quantitative estimate of drug-likeness (QED) is 0.601. The smallest absolute Gasteiger partial charge is 0.230 e. The van der Waals surface area contributed by atoms with Gasteiger partial charge in [-0.15, -0.1) is 10.2 Å². The van der Waals surface area contributed by atoms with Gasteiger partial charge in [-0.3, -0.25) is 4.79 Å². The first kappa shape index (κ1) is 19.2. The molecule has 1 amide bonds. The van der Waals surface area contributed by atoms with Crippen molar-refractivity contribution >= 4 is 17.7 Å². The zero-order valence-corrected chi connectivity index (χ0v) is 16.4. The molecule has 142 valence electrons. The molecule has 0 spiro atoms. The third-order valence-electron chi connectivity index (χ3n) is 4.21. The highest BCUT2D eigenvalue weighted by Crippen LogP contribution is 2.23. The Balaban J connectivity index is 1.54. The maximum atomic E-state index is 12.3. The first-order chi connectivity index (χ1) is 13.1. The molecule has 3 rings (SSSR count). The van der Waals surface area contributed by atoms with Crippen LogP contribution in [0.2, 0.25) is 0 Å². The van der Waals surface area contributed by atoms with Crippen LogP contribution in [0, 0.1) is 0 Å². The monoisotopic (exact) mass is 385 g/mol. The SMILES string of the molecule is CN(C)[C@@H](CNC(=O)CSc1nnc(-c2ccco2)n1C)c1ccccc1. The molecule has 0 saturated heterocycles. The van der Waals surface area contributed by atoms with E-state index in [1.54, 1.807) is 12.3 Å². The minimum Gasteiger partial charge on any atom is -0.461 e. The van der Waals surface area contributed by atoms with Crippen LogP contribution < -0.4 is 5.32 Å². The highest BCUT2D eigenvalue weighted by Gasteiger charge is 2.17. The van der Waals surface area contributed by atoms with E-state index in [-0.39, 0.29) is 17.7 Å². The van der Waals surface area contributed by atoms with Crippen molar-refractivity contribution in [2.75, 3.05) is 26.4 Å². The van der Waals surface area contributed by atoms with Crippen molar-refractivity contribution in [1.29, 1.82) is 0 Å². The van der Waals surface area contributed by atoms with E-state index in [0.29, 0.717) is 23.3 Å². The largest absolute Gasteiger partial charge is 0.461 e. The molecule has 0 aliphatic carbocycles. The van der Waals surface area contributed by atoms with Gasteiger partial charge in [0.2, 0.25) is 5.91 Å². The molecule has 0 bridgehead atoms. The Morgan fingerprint density at radius 2 is 2.00 bits per heavy atom. The fourth-order valence-corrected chi connectivity index (χ4v) is 3.47. The molecule has 0 aliphatic heterocycles. The summed E-state index contributed by atoms with van der Waals surface area (Å²) in [7, 11) is 5.87. The summed E-state index contributed by atoms with van der Waals surface area (Å²) in [4.78, 5) is 14.4. The molecule has 0 fully saturated rings. The van der Waals surface area contributed by atoms with Gasteiger partial charge in [-0.25, -0.2) is 0 Å². The fourth-order valence-electron chi connectivity index (χ4n) is 2.73. The molecule has 1 atom stereocenters. The summed E-state index contributed by atoms with van der Waals surface area (Å²) in [5.41, 5.74) is 1.17. The average Bonchev–Trinajstić information content (AvgIpc) is 3.30. The van der Waals surface area contributed by atoms with Crippen LogP contribution in [0.3, 0.4) is 0 Å². The van der Waals surface area contributed by atoms with Crippen molar-refractivity contribution in [3.05, 3.63) is 54.3 Å². The zero-order chi connectivity index (χ0) is 19.2. The number of carbonyl (C=O) groups is 1. The van der Waals surface area contributed by atoms with Crippen LogP contribution in [-0.2, 0) is 11.8 Å². The number of carbonyl (C=O) groups excluding carboxylic acids is 1. The van der Waals surface area contributed by atoms with E-state index in [0.717, 1.165) is 0 Å². The first-order valence-electron chi connectivity index (χ1n) is 8.60. The van der Waals surface area contributed by atoms with Gasteiger partial charge in [0.05, 0.1) is 18.1 Å². The van der Waals surface area contributed by atoms with Crippen LogP contribution in [0.25, 0.3) is 11.6 Å². The van der Waals surface area contributed by atoms with E-state index in [4.69, 9.17) is 4.42 Å². The molecule has 0 radical (unpaired) electrons. The normalized spacial score (nSPS) is 12.3. The number of thioether (sulfide) groups is 1. The summed E-state index contributed by atoms with van der Waals surface area (Å²) in [5.74, 6) is 1.53. The second kappa shape index (κ2) is 8.88. The number of hydrogen-bond donors (Lipinski definition) is 1. The molecule has 0 unspecified atom stereocenters. The maximum absolute atomic E-state index is 12.3. The number of likely N-dealkylation sites (N-methyl/N-ethyl adjacent to an activating group) is 1. The Hall–Kier alpha value is -2.58. The first-order valence-corrected chi connectivity index (χ1v) is 9.59.